The quantitative estimate of drug-likeness (QED) is 0.884. The zero-order valence-electron chi connectivity index (χ0n) is 13.3. The molecule has 6 heteroatoms. The van der Waals surface area contributed by atoms with Gasteiger partial charge in [0, 0.05) is 38.4 Å². The highest BCUT2D eigenvalue weighted by Crippen LogP contribution is 2.26. The van der Waals surface area contributed by atoms with Gasteiger partial charge >= 0.3 is 5.97 Å². The number of benzene rings is 1. The molecule has 0 unspecified atom stereocenters. The highest BCUT2D eigenvalue weighted by atomic mass is 16.4. The van der Waals surface area contributed by atoms with Gasteiger partial charge in [-0.15, -0.1) is 0 Å². The summed E-state index contributed by atoms with van der Waals surface area (Å²) in [4.78, 5) is 29.3. The van der Waals surface area contributed by atoms with Gasteiger partial charge < -0.3 is 10.0 Å². The minimum absolute atomic E-state index is 0.0846. The zero-order chi connectivity index (χ0) is 16.2. The van der Waals surface area contributed by atoms with E-state index in [0.717, 1.165) is 38.2 Å². The number of carbonyl (C=O) groups excluding carboxylic acids is 1. The normalized spacial score (nSPS) is 19.4. The molecule has 1 amide bonds. The summed E-state index contributed by atoms with van der Waals surface area (Å²) in [5.74, 6) is -0.650. The average Bonchev–Trinajstić information content (AvgIpc) is 2.55. The van der Waals surface area contributed by atoms with Gasteiger partial charge in [-0.2, -0.15) is 0 Å². The van der Waals surface area contributed by atoms with Crippen molar-refractivity contribution in [3.63, 3.8) is 0 Å². The van der Waals surface area contributed by atoms with Crippen molar-refractivity contribution in [3.8, 4) is 0 Å². The van der Waals surface area contributed by atoms with Crippen molar-refractivity contribution in [2.24, 2.45) is 0 Å². The number of hydrogen-bond donors (Lipinski definition) is 1. The third-order valence-corrected chi connectivity index (χ3v) is 4.59. The van der Waals surface area contributed by atoms with E-state index in [1.54, 1.807) is 0 Å². The molecule has 3 rings (SSSR count). The van der Waals surface area contributed by atoms with Crippen LogP contribution in [-0.2, 0) is 16.0 Å². The fourth-order valence-electron chi connectivity index (χ4n) is 3.37. The number of carboxylic acids is 1. The highest BCUT2D eigenvalue weighted by Gasteiger charge is 2.25. The molecule has 0 aliphatic carbocycles. The van der Waals surface area contributed by atoms with Crippen molar-refractivity contribution in [2.45, 2.75) is 12.8 Å². The number of para-hydroxylation sites is 1. The van der Waals surface area contributed by atoms with Gasteiger partial charge in [0.25, 0.3) is 0 Å². The first-order valence-electron chi connectivity index (χ1n) is 8.18. The predicted molar refractivity (Wildman–Crippen MR) is 87.6 cm³/mol. The summed E-state index contributed by atoms with van der Waals surface area (Å²) in [6.07, 6.45) is 2.04. The van der Waals surface area contributed by atoms with Gasteiger partial charge in [-0.3, -0.25) is 19.4 Å². The fraction of sp³-hybridized carbons (Fsp3) is 0.529. The lowest BCUT2D eigenvalue weighted by atomic mass is 10.0. The Balaban J connectivity index is 1.56. The van der Waals surface area contributed by atoms with Crippen LogP contribution in [0.1, 0.15) is 12.0 Å². The maximum absolute atomic E-state index is 12.7. The Kier molecular flexibility index (Phi) is 4.93. The Bertz CT molecular complexity index is 582. The van der Waals surface area contributed by atoms with Gasteiger partial charge in [-0.1, -0.05) is 18.2 Å². The Morgan fingerprint density at radius 2 is 1.61 bits per heavy atom. The second-order valence-electron chi connectivity index (χ2n) is 6.22. The summed E-state index contributed by atoms with van der Waals surface area (Å²) in [5, 5.41) is 8.82. The predicted octanol–water partition coefficient (Wildman–Crippen LogP) is 0.668. The molecule has 1 aromatic rings. The Morgan fingerprint density at radius 3 is 2.30 bits per heavy atom. The molecule has 0 aromatic heterocycles. The lowest BCUT2D eigenvalue weighted by Crippen LogP contribution is -2.51. The molecule has 1 N–H and O–H groups in total. The number of hydrogen-bond acceptors (Lipinski definition) is 4. The van der Waals surface area contributed by atoms with Gasteiger partial charge in [0.05, 0.1) is 13.1 Å². The van der Waals surface area contributed by atoms with E-state index < -0.39 is 5.97 Å². The molecule has 1 aromatic carbocycles. The van der Waals surface area contributed by atoms with Crippen LogP contribution in [0.4, 0.5) is 5.69 Å². The van der Waals surface area contributed by atoms with Crippen molar-refractivity contribution in [2.75, 3.05) is 50.7 Å². The third kappa shape index (κ3) is 3.89. The maximum atomic E-state index is 12.7. The topological polar surface area (TPSA) is 64.1 Å². The van der Waals surface area contributed by atoms with Gasteiger partial charge in [-0.25, -0.2) is 0 Å². The maximum Gasteiger partial charge on any atom is 0.317 e. The second kappa shape index (κ2) is 7.10. The molecule has 1 saturated heterocycles. The van der Waals surface area contributed by atoms with Gasteiger partial charge in [0.2, 0.25) is 5.91 Å². The third-order valence-electron chi connectivity index (χ3n) is 4.59. The summed E-state index contributed by atoms with van der Waals surface area (Å²) in [6, 6.07) is 8.13. The van der Waals surface area contributed by atoms with Gasteiger partial charge in [0.1, 0.15) is 0 Å². The SMILES string of the molecule is O=C(O)CN1CCN(CC(=O)N2CCCc3ccccc32)CC1. The molecule has 0 bridgehead atoms. The van der Waals surface area contributed by atoms with Gasteiger partial charge in [-0.05, 0) is 24.5 Å². The van der Waals surface area contributed by atoms with Crippen molar-refractivity contribution < 1.29 is 14.7 Å². The average molecular weight is 317 g/mol. The first-order chi connectivity index (χ1) is 11.1. The number of rotatable bonds is 4. The van der Waals surface area contributed by atoms with E-state index >= 15 is 0 Å². The van der Waals surface area contributed by atoms with E-state index in [1.165, 1.54) is 5.56 Å². The van der Waals surface area contributed by atoms with Crippen LogP contribution in [0.5, 0.6) is 0 Å². The zero-order valence-corrected chi connectivity index (χ0v) is 13.3. The van der Waals surface area contributed by atoms with Crippen LogP contribution in [0.25, 0.3) is 0 Å². The Labute approximate surface area is 136 Å². The molecular formula is C17H23N3O3. The van der Waals surface area contributed by atoms with Crippen molar-refractivity contribution in [1.29, 1.82) is 0 Å². The minimum atomic E-state index is -0.792. The monoisotopic (exact) mass is 317 g/mol. The molecule has 1 fully saturated rings. The number of nitrogens with zero attached hydrogens (tertiary/aromatic N) is 3. The number of piperazine rings is 1. The lowest BCUT2D eigenvalue weighted by Gasteiger charge is -2.35. The Hall–Kier alpha value is -1.92. The van der Waals surface area contributed by atoms with Gasteiger partial charge in [0.15, 0.2) is 0 Å². The lowest BCUT2D eigenvalue weighted by molar-refractivity contribution is -0.139. The Morgan fingerprint density at radius 1 is 0.957 bits per heavy atom. The number of amides is 1. The van der Waals surface area contributed by atoms with E-state index in [9.17, 15) is 9.59 Å². The summed E-state index contributed by atoms with van der Waals surface area (Å²) in [6.45, 7) is 4.18. The second-order valence-corrected chi connectivity index (χ2v) is 6.22. The number of aliphatic carboxylic acids is 1. The van der Waals surface area contributed by atoms with Crippen LogP contribution in [-0.4, -0.2) is 72.6 Å². The largest absolute Gasteiger partial charge is 0.480 e. The van der Waals surface area contributed by atoms with Crippen molar-refractivity contribution >= 4 is 17.6 Å². The summed E-state index contributed by atoms with van der Waals surface area (Å²) in [7, 11) is 0. The number of fused-ring (bicyclic) bond motifs is 1. The molecule has 6 nitrogen and oxygen atoms in total. The highest BCUT2D eigenvalue weighted by molar-refractivity contribution is 5.95. The number of aryl methyl sites for hydroxylation is 1. The molecule has 0 radical (unpaired) electrons. The number of carboxylic acid groups (broad SMARTS) is 1. The molecule has 0 saturated carbocycles. The molecule has 2 heterocycles. The van der Waals surface area contributed by atoms with E-state index in [-0.39, 0.29) is 12.5 Å². The molecule has 0 spiro atoms. The van der Waals surface area contributed by atoms with Crippen LogP contribution in [0.3, 0.4) is 0 Å². The molecule has 0 atom stereocenters. The summed E-state index contributed by atoms with van der Waals surface area (Å²) >= 11 is 0. The van der Waals surface area contributed by atoms with Crippen LogP contribution in [0.2, 0.25) is 0 Å². The van der Waals surface area contributed by atoms with E-state index in [1.807, 2.05) is 28.0 Å². The van der Waals surface area contributed by atoms with Crippen molar-refractivity contribution in [3.05, 3.63) is 29.8 Å². The summed E-state index contributed by atoms with van der Waals surface area (Å²) < 4.78 is 0. The van der Waals surface area contributed by atoms with E-state index in [2.05, 4.69) is 11.0 Å². The first-order valence-corrected chi connectivity index (χ1v) is 8.18. The summed E-state index contributed by atoms with van der Waals surface area (Å²) in [5.41, 5.74) is 2.30. The smallest absolute Gasteiger partial charge is 0.317 e. The van der Waals surface area contributed by atoms with Crippen LogP contribution in [0.15, 0.2) is 24.3 Å². The standard InChI is InChI=1S/C17H23N3O3/c21-16(12-18-8-10-19(11-9-18)13-17(22)23)20-7-3-5-14-4-1-2-6-15(14)20/h1-2,4,6H,3,5,7-13H2,(H,22,23). The van der Waals surface area contributed by atoms with Crippen LogP contribution in [0, 0.1) is 0 Å². The fourth-order valence-corrected chi connectivity index (χ4v) is 3.37. The molecule has 23 heavy (non-hydrogen) atoms. The number of anilines is 1. The molecule has 124 valence electrons. The number of carbonyl (C=O) groups is 2. The van der Waals surface area contributed by atoms with Crippen LogP contribution >= 0.6 is 0 Å². The first kappa shape index (κ1) is 16.0. The van der Waals surface area contributed by atoms with Crippen LogP contribution < -0.4 is 4.90 Å². The molecule has 2 aliphatic rings. The molecular weight excluding hydrogens is 294 g/mol. The molecule has 2 aliphatic heterocycles. The van der Waals surface area contributed by atoms with E-state index in [0.29, 0.717) is 19.6 Å². The minimum Gasteiger partial charge on any atom is -0.480 e. The van der Waals surface area contributed by atoms with E-state index in [4.69, 9.17) is 5.11 Å². The van der Waals surface area contributed by atoms with Crippen molar-refractivity contribution in [1.82, 2.24) is 9.80 Å².